The molecule has 1 aromatic carbocycles. The monoisotopic (exact) mass is 349 g/mol. The molecule has 1 aliphatic heterocycles. The molecule has 128 valence electrons. The Balaban J connectivity index is 2.10. The molecule has 1 saturated heterocycles. The first-order valence-corrected chi connectivity index (χ1v) is 7.98. The van der Waals surface area contributed by atoms with Crippen LogP contribution in [-0.4, -0.2) is 41.7 Å². The van der Waals surface area contributed by atoms with Crippen LogP contribution in [0.15, 0.2) is 23.1 Å². The molecular formula is C15H18F3NO3S. The van der Waals surface area contributed by atoms with E-state index in [0.29, 0.717) is 25.1 Å². The number of methoxy groups -OCH3 is 1. The second-order valence-electron chi connectivity index (χ2n) is 5.45. The molecule has 23 heavy (non-hydrogen) atoms. The number of nitrogens with zero attached hydrogens (tertiary/aromatic N) is 1. The van der Waals surface area contributed by atoms with Crippen molar-refractivity contribution in [3.05, 3.63) is 23.8 Å². The highest BCUT2D eigenvalue weighted by atomic mass is 32.2. The van der Waals surface area contributed by atoms with Crippen molar-refractivity contribution in [3.63, 3.8) is 0 Å². The molecule has 1 unspecified atom stereocenters. The van der Waals surface area contributed by atoms with Crippen LogP contribution in [-0.2, 0) is 11.3 Å². The lowest BCUT2D eigenvalue weighted by molar-refractivity contribution is -0.143. The lowest BCUT2D eigenvalue weighted by atomic mass is 9.98. The molecule has 8 heteroatoms. The Kier molecular flexibility index (Phi) is 5.80. The molecule has 1 heterocycles. The van der Waals surface area contributed by atoms with Gasteiger partial charge in [-0.15, -0.1) is 0 Å². The summed E-state index contributed by atoms with van der Waals surface area (Å²) in [6.07, 6.45) is 1.42. The van der Waals surface area contributed by atoms with Gasteiger partial charge in [-0.1, -0.05) is 6.07 Å². The molecule has 1 atom stereocenters. The van der Waals surface area contributed by atoms with Crippen LogP contribution in [0.3, 0.4) is 0 Å². The van der Waals surface area contributed by atoms with Gasteiger partial charge in [0, 0.05) is 13.1 Å². The van der Waals surface area contributed by atoms with E-state index in [1.165, 1.54) is 19.2 Å². The number of alkyl halides is 3. The number of hydrogen-bond donors (Lipinski definition) is 1. The van der Waals surface area contributed by atoms with Crippen molar-refractivity contribution in [2.24, 2.45) is 5.92 Å². The number of carbonyl (C=O) groups is 1. The number of rotatable bonds is 5. The van der Waals surface area contributed by atoms with Crippen molar-refractivity contribution < 1.29 is 27.8 Å². The van der Waals surface area contributed by atoms with E-state index in [0.717, 1.165) is 13.0 Å². The number of benzene rings is 1. The van der Waals surface area contributed by atoms with Crippen LogP contribution >= 0.6 is 11.8 Å². The molecule has 1 aromatic rings. The smallest absolute Gasteiger partial charge is 0.446 e. The molecule has 0 amide bonds. The molecule has 0 radical (unpaired) electrons. The van der Waals surface area contributed by atoms with Gasteiger partial charge in [0.2, 0.25) is 0 Å². The molecule has 0 bridgehead atoms. The second kappa shape index (κ2) is 7.44. The fourth-order valence-electron chi connectivity index (χ4n) is 2.68. The quantitative estimate of drug-likeness (QED) is 0.823. The van der Waals surface area contributed by atoms with Gasteiger partial charge in [-0.25, -0.2) is 0 Å². The lowest BCUT2D eigenvalue weighted by Gasteiger charge is -2.30. The standard InChI is InChI=1S/C15H18F3NO3S/c1-22-12-5-4-10(7-13(12)23-15(16,17)18)8-19-6-2-3-11(9-19)14(20)21/h4-5,7,11H,2-3,6,8-9H2,1H3,(H,20,21). The van der Waals surface area contributed by atoms with E-state index in [1.54, 1.807) is 6.07 Å². The molecule has 0 spiro atoms. The van der Waals surface area contributed by atoms with Crippen LogP contribution in [0.1, 0.15) is 18.4 Å². The summed E-state index contributed by atoms with van der Waals surface area (Å²) in [7, 11) is 1.33. The number of ether oxygens (including phenoxy) is 1. The van der Waals surface area contributed by atoms with Crippen molar-refractivity contribution in [1.29, 1.82) is 0 Å². The maximum Gasteiger partial charge on any atom is 0.446 e. The number of aliphatic carboxylic acids is 1. The van der Waals surface area contributed by atoms with Gasteiger partial charge in [0.15, 0.2) is 0 Å². The van der Waals surface area contributed by atoms with Gasteiger partial charge >= 0.3 is 11.5 Å². The number of thioether (sulfide) groups is 1. The summed E-state index contributed by atoms with van der Waals surface area (Å²) in [5.74, 6) is -1.05. The van der Waals surface area contributed by atoms with Crippen LogP contribution in [0.4, 0.5) is 13.2 Å². The molecule has 1 aliphatic rings. The third-order valence-corrected chi connectivity index (χ3v) is 4.49. The highest BCUT2D eigenvalue weighted by Gasteiger charge is 2.31. The molecule has 1 N–H and O–H groups in total. The fourth-order valence-corrected chi connectivity index (χ4v) is 3.39. The summed E-state index contributed by atoms with van der Waals surface area (Å²) in [4.78, 5) is 13.1. The average molecular weight is 349 g/mol. The van der Waals surface area contributed by atoms with Crippen molar-refractivity contribution in [3.8, 4) is 5.75 Å². The second-order valence-corrected chi connectivity index (χ2v) is 6.55. The molecular weight excluding hydrogens is 331 g/mol. The van der Waals surface area contributed by atoms with Gasteiger partial charge in [-0.2, -0.15) is 13.2 Å². The van der Waals surface area contributed by atoms with Crippen LogP contribution in [0.25, 0.3) is 0 Å². The predicted octanol–water partition coefficient (Wildman–Crippen LogP) is 3.60. The largest absolute Gasteiger partial charge is 0.496 e. The third-order valence-electron chi connectivity index (χ3n) is 3.71. The lowest BCUT2D eigenvalue weighted by Crippen LogP contribution is -2.38. The van der Waals surface area contributed by atoms with E-state index in [2.05, 4.69) is 0 Å². The van der Waals surface area contributed by atoms with Gasteiger partial charge in [0.05, 0.1) is 17.9 Å². The topological polar surface area (TPSA) is 49.8 Å². The Bertz CT molecular complexity index is 565. The van der Waals surface area contributed by atoms with E-state index >= 15 is 0 Å². The first-order valence-electron chi connectivity index (χ1n) is 7.16. The van der Waals surface area contributed by atoms with Crippen molar-refractivity contribution in [2.45, 2.75) is 29.8 Å². The number of piperidine rings is 1. The molecule has 2 rings (SSSR count). The van der Waals surface area contributed by atoms with Gasteiger partial charge in [-0.05, 0) is 48.8 Å². The fraction of sp³-hybridized carbons (Fsp3) is 0.533. The van der Waals surface area contributed by atoms with Crippen molar-refractivity contribution in [1.82, 2.24) is 4.90 Å². The van der Waals surface area contributed by atoms with E-state index in [-0.39, 0.29) is 22.4 Å². The maximum absolute atomic E-state index is 12.6. The van der Waals surface area contributed by atoms with Crippen LogP contribution in [0, 0.1) is 5.92 Å². The Labute approximate surface area is 136 Å². The zero-order chi connectivity index (χ0) is 17.0. The Hall–Kier alpha value is -1.41. The molecule has 4 nitrogen and oxygen atoms in total. The van der Waals surface area contributed by atoms with E-state index in [1.807, 2.05) is 4.90 Å². The zero-order valence-corrected chi connectivity index (χ0v) is 13.4. The summed E-state index contributed by atoms with van der Waals surface area (Å²) >= 11 is -0.204. The number of carboxylic acid groups (broad SMARTS) is 1. The van der Waals surface area contributed by atoms with Gasteiger partial charge in [0.1, 0.15) is 5.75 Å². The van der Waals surface area contributed by atoms with E-state index in [4.69, 9.17) is 9.84 Å². The van der Waals surface area contributed by atoms with Crippen molar-refractivity contribution in [2.75, 3.05) is 20.2 Å². The van der Waals surface area contributed by atoms with Crippen LogP contribution < -0.4 is 4.74 Å². The highest BCUT2D eigenvalue weighted by molar-refractivity contribution is 8.00. The number of carboxylic acids is 1. The maximum atomic E-state index is 12.6. The number of hydrogen-bond acceptors (Lipinski definition) is 4. The van der Waals surface area contributed by atoms with Crippen LogP contribution in [0.5, 0.6) is 5.75 Å². The van der Waals surface area contributed by atoms with Crippen molar-refractivity contribution >= 4 is 17.7 Å². The minimum atomic E-state index is -4.38. The van der Waals surface area contributed by atoms with Gasteiger partial charge < -0.3 is 9.84 Å². The van der Waals surface area contributed by atoms with E-state index < -0.39 is 17.4 Å². The third kappa shape index (κ3) is 5.31. The number of likely N-dealkylation sites (tertiary alicyclic amines) is 1. The summed E-state index contributed by atoms with van der Waals surface area (Å²) in [6, 6.07) is 4.69. The molecule has 1 fully saturated rings. The van der Waals surface area contributed by atoms with E-state index in [9.17, 15) is 18.0 Å². The Morgan fingerprint density at radius 3 is 2.83 bits per heavy atom. The number of halogens is 3. The SMILES string of the molecule is COc1ccc(CN2CCCC(C(=O)O)C2)cc1SC(F)(F)F. The predicted molar refractivity (Wildman–Crippen MR) is 80.5 cm³/mol. The summed E-state index contributed by atoms with van der Waals surface area (Å²) in [5.41, 5.74) is -3.67. The highest BCUT2D eigenvalue weighted by Crippen LogP contribution is 2.41. The average Bonchev–Trinajstić information content (AvgIpc) is 2.46. The minimum absolute atomic E-state index is 0.0179. The first-order chi connectivity index (χ1) is 10.8. The first kappa shape index (κ1) is 17.9. The molecule has 0 aliphatic carbocycles. The summed E-state index contributed by atoms with van der Waals surface area (Å²) in [5, 5.41) is 9.09. The van der Waals surface area contributed by atoms with Gasteiger partial charge in [-0.3, -0.25) is 9.69 Å². The molecule has 0 saturated carbocycles. The zero-order valence-electron chi connectivity index (χ0n) is 12.6. The summed E-state index contributed by atoms with van der Waals surface area (Å²) < 4.78 is 42.8. The molecule has 0 aromatic heterocycles. The summed E-state index contributed by atoms with van der Waals surface area (Å²) in [6.45, 7) is 1.60. The Morgan fingerprint density at radius 2 is 2.22 bits per heavy atom. The Morgan fingerprint density at radius 1 is 1.48 bits per heavy atom. The van der Waals surface area contributed by atoms with Gasteiger partial charge in [0.25, 0.3) is 0 Å². The van der Waals surface area contributed by atoms with Crippen LogP contribution in [0.2, 0.25) is 0 Å². The minimum Gasteiger partial charge on any atom is -0.496 e. The normalized spacial score (nSPS) is 19.6.